The first kappa shape index (κ1) is 8.24. The van der Waals surface area contributed by atoms with Crippen LogP contribution in [-0.2, 0) is 0 Å². The standard InChI is InChI=1S/C13H9NO/c15-11-5-6-13-10(8-11)7-9-3-1-2-4-12(9)14-13/h1-8,15H. The van der Waals surface area contributed by atoms with Gasteiger partial charge in [-0.3, -0.25) is 0 Å². The van der Waals surface area contributed by atoms with Gasteiger partial charge in [-0.25, -0.2) is 4.98 Å². The number of phenols is 1. The monoisotopic (exact) mass is 195 g/mol. The zero-order chi connectivity index (χ0) is 10.3. The van der Waals surface area contributed by atoms with Gasteiger partial charge in [0.25, 0.3) is 0 Å². The van der Waals surface area contributed by atoms with Gasteiger partial charge in [0.1, 0.15) is 5.75 Å². The number of pyridine rings is 1. The molecule has 0 radical (unpaired) electrons. The molecule has 0 spiro atoms. The van der Waals surface area contributed by atoms with Gasteiger partial charge in [-0.05, 0) is 30.3 Å². The SMILES string of the molecule is Oc1ccc2nc3ccccc3cc2c1. The Labute approximate surface area is 86.8 Å². The zero-order valence-corrected chi connectivity index (χ0v) is 8.01. The molecule has 1 aromatic heterocycles. The minimum Gasteiger partial charge on any atom is -0.508 e. The number of rotatable bonds is 0. The van der Waals surface area contributed by atoms with E-state index < -0.39 is 0 Å². The highest BCUT2D eigenvalue weighted by Gasteiger charge is 1.99. The fraction of sp³-hybridized carbons (Fsp3) is 0. The van der Waals surface area contributed by atoms with E-state index in [1.807, 2.05) is 36.4 Å². The summed E-state index contributed by atoms with van der Waals surface area (Å²) in [5.74, 6) is 0.277. The molecular weight excluding hydrogens is 186 g/mol. The maximum absolute atomic E-state index is 9.37. The van der Waals surface area contributed by atoms with Crippen molar-refractivity contribution in [2.45, 2.75) is 0 Å². The van der Waals surface area contributed by atoms with Crippen molar-refractivity contribution in [2.24, 2.45) is 0 Å². The molecule has 15 heavy (non-hydrogen) atoms. The van der Waals surface area contributed by atoms with Crippen LogP contribution in [0.25, 0.3) is 21.8 Å². The average Bonchev–Trinajstić information content (AvgIpc) is 2.26. The molecule has 2 nitrogen and oxygen atoms in total. The molecule has 0 aliphatic rings. The third-order valence-electron chi connectivity index (χ3n) is 2.50. The van der Waals surface area contributed by atoms with Crippen molar-refractivity contribution in [3.05, 3.63) is 48.5 Å². The molecule has 0 fully saturated rings. The molecule has 0 bridgehead atoms. The Bertz CT molecular complexity index is 646. The van der Waals surface area contributed by atoms with Crippen molar-refractivity contribution in [1.82, 2.24) is 4.98 Å². The lowest BCUT2D eigenvalue weighted by atomic mass is 10.1. The summed E-state index contributed by atoms with van der Waals surface area (Å²) >= 11 is 0. The minimum absolute atomic E-state index is 0.277. The fourth-order valence-electron chi connectivity index (χ4n) is 1.77. The van der Waals surface area contributed by atoms with Crippen LogP contribution in [0.2, 0.25) is 0 Å². The van der Waals surface area contributed by atoms with E-state index >= 15 is 0 Å². The van der Waals surface area contributed by atoms with E-state index in [2.05, 4.69) is 4.98 Å². The molecule has 3 aromatic rings. The van der Waals surface area contributed by atoms with Crippen molar-refractivity contribution in [3.63, 3.8) is 0 Å². The predicted octanol–water partition coefficient (Wildman–Crippen LogP) is 3.09. The first-order valence-electron chi connectivity index (χ1n) is 4.81. The molecule has 0 amide bonds. The lowest BCUT2D eigenvalue weighted by Gasteiger charge is -2.01. The molecule has 1 N–H and O–H groups in total. The number of phenolic OH excluding ortho intramolecular Hbond substituents is 1. The maximum atomic E-state index is 9.37. The van der Waals surface area contributed by atoms with Crippen LogP contribution >= 0.6 is 0 Å². The van der Waals surface area contributed by atoms with E-state index in [4.69, 9.17) is 0 Å². The van der Waals surface area contributed by atoms with Crippen LogP contribution < -0.4 is 0 Å². The first-order valence-corrected chi connectivity index (χ1v) is 4.81. The average molecular weight is 195 g/mol. The quantitative estimate of drug-likeness (QED) is 0.559. The van der Waals surface area contributed by atoms with Gasteiger partial charge in [-0.15, -0.1) is 0 Å². The van der Waals surface area contributed by atoms with E-state index in [0.29, 0.717) is 0 Å². The van der Waals surface area contributed by atoms with Crippen molar-refractivity contribution in [2.75, 3.05) is 0 Å². The maximum Gasteiger partial charge on any atom is 0.116 e. The van der Waals surface area contributed by atoms with Crippen molar-refractivity contribution < 1.29 is 5.11 Å². The van der Waals surface area contributed by atoms with E-state index in [1.54, 1.807) is 12.1 Å². The largest absolute Gasteiger partial charge is 0.508 e. The Morgan fingerprint density at radius 1 is 0.800 bits per heavy atom. The van der Waals surface area contributed by atoms with Gasteiger partial charge in [0, 0.05) is 10.8 Å². The topological polar surface area (TPSA) is 33.1 Å². The number of aromatic hydroxyl groups is 1. The normalized spacial score (nSPS) is 10.9. The van der Waals surface area contributed by atoms with Crippen molar-refractivity contribution >= 4 is 21.8 Å². The second kappa shape index (κ2) is 2.95. The highest BCUT2D eigenvalue weighted by Crippen LogP contribution is 2.22. The Morgan fingerprint density at radius 2 is 1.60 bits per heavy atom. The molecule has 2 aromatic carbocycles. The summed E-state index contributed by atoms with van der Waals surface area (Å²) < 4.78 is 0. The number of hydrogen-bond donors (Lipinski definition) is 1. The number of para-hydroxylation sites is 1. The molecule has 3 rings (SSSR count). The predicted molar refractivity (Wildman–Crippen MR) is 60.9 cm³/mol. The molecule has 0 saturated carbocycles. The van der Waals surface area contributed by atoms with Crippen LogP contribution in [0.4, 0.5) is 0 Å². The van der Waals surface area contributed by atoms with Crippen LogP contribution in [0.15, 0.2) is 48.5 Å². The summed E-state index contributed by atoms with van der Waals surface area (Å²) in [6.07, 6.45) is 0. The number of hydrogen-bond acceptors (Lipinski definition) is 2. The third-order valence-corrected chi connectivity index (χ3v) is 2.50. The molecule has 0 aliphatic heterocycles. The van der Waals surface area contributed by atoms with Gasteiger partial charge >= 0.3 is 0 Å². The van der Waals surface area contributed by atoms with Gasteiger partial charge in [0.05, 0.1) is 11.0 Å². The van der Waals surface area contributed by atoms with Gasteiger partial charge in [-0.1, -0.05) is 18.2 Å². The minimum atomic E-state index is 0.277. The summed E-state index contributed by atoms with van der Waals surface area (Å²) in [6.45, 7) is 0. The Kier molecular flexibility index (Phi) is 1.62. The van der Waals surface area contributed by atoms with Gasteiger partial charge in [-0.2, -0.15) is 0 Å². The molecule has 0 atom stereocenters. The Balaban J connectivity index is 2.47. The zero-order valence-electron chi connectivity index (χ0n) is 8.01. The van der Waals surface area contributed by atoms with Gasteiger partial charge in [0.2, 0.25) is 0 Å². The number of fused-ring (bicyclic) bond motifs is 2. The van der Waals surface area contributed by atoms with E-state index in [0.717, 1.165) is 21.8 Å². The van der Waals surface area contributed by atoms with Gasteiger partial charge in [0.15, 0.2) is 0 Å². The van der Waals surface area contributed by atoms with Crippen molar-refractivity contribution in [3.8, 4) is 5.75 Å². The second-order valence-electron chi connectivity index (χ2n) is 3.56. The number of aromatic nitrogens is 1. The van der Waals surface area contributed by atoms with Crippen molar-refractivity contribution in [1.29, 1.82) is 0 Å². The van der Waals surface area contributed by atoms with Crippen LogP contribution in [-0.4, -0.2) is 10.1 Å². The van der Waals surface area contributed by atoms with E-state index in [-0.39, 0.29) is 5.75 Å². The first-order chi connectivity index (χ1) is 7.33. The second-order valence-corrected chi connectivity index (χ2v) is 3.56. The molecule has 0 saturated heterocycles. The molecule has 0 unspecified atom stereocenters. The number of benzene rings is 2. The molecule has 2 heteroatoms. The summed E-state index contributed by atoms with van der Waals surface area (Å²) in [4.78, 5) is 4.51. The summed E-state index contributed by atoms with van der Waals surface area (Å²) in [6, 6.07) is 15.2. The summed E-state index contributed by atoms with van der Waals surface area (Å²) in [7, 11) is 0. The van der Waals surface area contributed by atoms with Crippen LogP contribution in [0.1, 0.15) is 0 Å². The third kappa shape index (κ3) is 1.31. The van der Waals surface area contributed by atoms with Crippen LogP contribution in [0, 0.1) is 0 Å². The van der Waals surface area contributed by atoms with Gasteiger partial charge < -0.3 is 5.11 Å². The lowest BCUT2D eigenvalue weighted by molar-refractivity contribution is 0.476. The van der Waals surface area contributed by atoms with Crippen LogP contribution in [0.3, 0.4) is 0 Å². The summed E-state index contributed by atoms with van der Waals surface area (Å²) in [5, 5.41) is 11.4. The molecule has 0 aliphatic carbocycles. The number of nitrogens with zero attached hydrogens (tertiary/aromatic N) is 1. The summed E-state index contributed by atoms with van der Waals surface area (Å²) in [5.41, 5.74) is 1.89. The van der Waals surface area contributed by atoms with E-state index in [1.165, 1.54) is 0 Å². The van der Waals surface area contributed by atoms with Crippen LogP contribution in [0.5, 0.6) is 5.75 Å². The highest BCUT2D eigenvalue weighted by molar-refractivity contribution is 5.93. The highest BCUT2D eigenvalue weighted by atomic mass is 16.3. The molecule has 72 valence electrons. The fourth-order valence-corrected chi connectivity index (χ4v) is 1.77. The lowest BCUT2D eigenvalue weighted by Crippen LogP contribution is -1.81. The Hall–Kier alpha value is -2.09. The Morgan fingerprint density at radius 3 is 2.53 bits per heavy atom. The smallest absolute Gasteiger partial charge is 0.116 e. The molecular formula is C13H9NO. The van der Waals surface area contributed by atoms with E-state index in [9.17, 15) is 5.11 Å². The molecule has 1 heterocycles.